The Bertz CT molecular complexity index is 1110. The molecule has 1 aliphatic carbocycles. The number of halogens is 1. The number of benzene rings is 2. The number of carbonyl (C=O) groups excluding carboxylic acids is 2. The van der Waals surface area contributed by atoms with Crippen LogP contribution in [-0.2, 0) is 14.3 Å². The number of esters is 1. The van der Waals surface area contributed by atoms with Gasteiger partial charge in [0.15, 0.2) is 5.78 Å². The average molecular weight is 482 g/mol. The lowest BCUT2D eigenvalue weighted by atomic mass is 9.71. The van der Waals surface area contributed by atoms with Crippen LogP contribution in [0.4, 0.5) is 0 Å². The van der Waals surface area contributed by atoms with E-state index in [1.165, 1.54) is 0 Å². The molecular formula is C27H28ClNO3S. The molecule has 2 aromatic carbocycles. The first-order valence-electron chi connectivity index (χ1n) is 11.3. The zero-order valence-electron chi connectivity index (χ0n) is 18.9. The summed E-state index contributed by atoms with van der Waals surface area (Å²) < 4.78 is 5.62. The Morgan fingerprint density at radius 2 is 1.85 bits per heavy atom. The molecule has 0 spiro atoms. The molecule has 0 aromatic heterocycles. The highest BCUT2D eigenvalue weighted by molar-refractivity contribution is 7.99. The van der Waals surface area contributed by atoms with Crippen LogP contribution >= 0.6 is 23.4 Å². The highest BCUT2D eigenvalue weighted by Crippen LogP contribution is 2.47. The van der Waals surface area contributed by atoms with Crippen molar-refractivity contribution in [3.8, 4) is 0 Å². The topological polar surface area (TPSA) is 55.4 Å². The minimum atomic E-state index is -0.537. The van der Waals surface area contributed by atoms with Crippen molar-refractivity contribution >= 4 is 35.1 Å². The maximum atomic E-state index is 13.6. The SMILES string of the molecule is CCSCCOC(=O)C1=C(C)NC2=C(C(=O)C[C@@H](c3ccccc3)C2)[C@H]1c1ccccc1Cl. The molecule has 2 atom stereocenters. The molecule has 0 saturated heterocycles. The minimum Gasteiger partial charge on any atom is -0.461 e. The van der Waals surface area contributed by atoms with E-state index < -0.39 is 11.9 Å². The van der Waals surface area contributed by atoms with Gasteiger partial charge in [-0.05, 0) is 42.2 Å². The molecule has 0 amide bonds. The number of hydrogen-bond acceptors (Lipinski definition) is 5. The predicted octanol–water partition coefficient (Wildman–Crippen LogP) is 6.00. The smallest absolute Gasteiger partial charge is 0.336 e. The van der Waals surface area contributed by atoms with E-state index in [1.54, 1.807) is 17.8 Å². The fourth-order valence-corrected chi connectivity index (χ4v) is 5.44. The van der Waals surface area contributed by atoms with Crippen molar-refractivity contribution in [2.75, 3.05) is 18.1 Å². The molecule has 1 N–H and O–H groups in total. The number of dihydropyridines is 1. The Morgan fingerprint density at radius 1 is 1.12 bits per heavy atom. The van der Waals surface area contributed by atoms with E-state index in [2.05, 4.69) is 24.4 Å². The number of carbonyl (C=O) groups is 2. The molecule has 4 rings (SSSR count). The summed E-state index contributed by atoms with van der Waals surface area (Å²) in [5, 5.41) is 3.93. The molecular weight excluding hydrogens is 454 g/mol. The van der Waals surface area contributed by atoms with Crippen LogP contribution in [0.15, 0.2) is 77.1 Å². The van der Waals surface area contributed by atoms with E-state index in [9.17, 15) is 9.59 Å². The summed E-state index contributed by atoms with van der Waals surface area (Å²) in [4.78, 5) is 26.8. The fourth-order valence-electron chi connectivity index (χ4n) is 4.71. The molecule has 1 heterocycles. The van der Waals surface area contributed by atoms with Gasteiger partial charge in [0, 0.05) is 40.1 Å². The normalized spacial score (nSPS) is 20.4. The molecule has 172 valence electrons. The van der Waals surface area contributed by atoms with E-state index in [0.717, 1.165) is 28.3 Å². The number of rotatable bonds is 7. The monoisotopic (exact) mass is 481 g/mol. The molecule has 0 saturated carbocycles. The Labute approximate surface area is 204 Å². The fraction of sp³-hybridized carbons (Fsp3) is 0.333. The summed E-state index contributed by atoms with van der Waals surface area (Å²) in [6, 6.07) is 17.6. The molecule has 0 fully saturated rings. The van der Waals surface area contributed by atoms with Gasteiger partial charge in [-0.25, -0.2) is 4.79 Å². The van der Waals surface area contributed by atoms with Crippen LogP contribution in [0.5, 0.6) is 0 Å². The Hall–Kier alpha value is -2.50. The highest BCUT2D eigenvalue weighted by Gasteiger charge is 2.42. The summed E-state index contributed by atoms with van der Waals surface area (Å²) >= 11 is 8.31. The lowest BCUT2D eigenvalue weighted by Gasteiger charge is -2.37. The van der Waals surface area contributed by atoms with Crippen molar-refractivity contribution < 1.29 is 14.3 Å². The van der Waals surface area contributed by atoms with Crippen LogP contribution in [0.2, 0.25) is 5.02 Å². The number of Topliss-reactive ketones (excluding diaryl/α,β-unsaturated/α-hetero) is 1. The zero-order chi connectivity index (χ0) is 23.4. The molecule has 33 heavy (non-hydrogen) atoms. The summed E-state index contributed by atoms with van der Waals surface area (Å²) in [5.41, 5.74) is 4.60. The first-order valence-corrected chi connectivity index (χ1v) is 12.8. The summed E-state index contributed by atoms with van der Waals surface area (Å²) in [6.45, 7) is 4.28. The van der Waals surface area contributed by atoms with Gasteiger partial charge >= 0.3 is 5.97 Å². The highest BCUT2D eigenvalue weighted by atomic mass is 35.5. The van der Waals surface area contributed by atoms with E-state index >= 15 is 0 Å². The van der Waals surface area contributed by atoms with Gasteiger partial charge in [-0.3, -0.25) is 4.79 Å². The van der Waals surface area contributed by atoms with Gasteiger partial charge in [0.2, 0.25) is 0 Å². The third-order valence-corrected chi connectivity index (χ3v) is 7.41. The summed E-state index contributed by atoms with van der Waals surface area (Å²) in [7, 11) is 0. The van der Waals surface area contributed by atoms with Crippen molar-refractivity contribution in [3.05, 3.63) is 93.3 Å². The number of thioether (sulfide) groups is 1. The van der Waals surface area contributed by atoms with Crippen molar-refractivity contribution in [1.29, 1.82) is 0 Å². The second kappa shape index (κ2) is 10.6. The Morgan fingerprint density at radius 3 is 2.58 bits per heavy atom. The molecule has 2 aliphatic rings. The van der Waals surface area contributed by atoms with E-state index in [0.29, 0.717) is 41.3 Å². The largest absolute Gasteiger partial charge is 0.461 e. The maximum absolute atomic E-state index is 13.6. The van der Waals surface area contributed by atoms with E-state index in [-0.39, 0.29) is 11.7 Å². The van der Waals surface area contributed by atoms with Gasteiger partial charge in [0.1, 0.15) is 6.61 Å². The quantitative estimate of drug-likeness (QED) is 0.388. The molecule has 0 unspecified atom stereocenters. The standard InChI is InChI=1S/C27H28ClNO3S/c1-3-33-14-13-32-27(31)24-17(2)29-22-15-19(18-9-5-4-6-10-18)16-23(30)26(22)25(24)20-11-7-8-12-21(20)28/h4-12,19,25,29H,3,13-16H2,1-2H3/t19-,25-/m0/s1. The zero-order valence-corrected chi connectivity index (χ0v) is 20.5. The van der Waals surface area contributed by atoms with E-state index in [4.69, 9.17) is 16.3 Å². The van der Waals surface area contributed by atoms with Crippen LogP contribution in [0, 0.1) is 0 Å². The molecule has 0 bridgehead atoms. The van der Waals surface area contributed by atoms with E-state index in [1.807, 2.05) is 43.3 Å². The third-order valence-electron chi connectivity index (χ3n) is 6.20. The lowest BCUT2D eigenvalue weighted by Crippen LogP contribution is -2.36. The number of nitrogens with one attached hydrogen (secondary N) is 1. The summed E-state index contributed by atoms with van der Waals surface area (Å²) in [6.07, 6.45) is 1.11. The first kappa shape index (κ1) is 23.7. The third kappa shape index (κ3) is 5.04. The maximum Gasteiger partial charge on any atom is 0.336 e. The molecule has 2 aromatic rings. The molecule has 1 aliphatic heterocycles. The van der Waals surface area contributed by atoms with Crippen LogP contribution < -0.4 is 5.32 Å². The lowest BCUT2D eigenvalue weighted by molar-refractivity contribution is -0.138. The number of allylic oxidation sites excluding steroid dienone is 3. The Balaban J connectivity index is 1.73. The van der Waals surface area contributed by atoms with Gasteiger partial charge in [-0.1, -0.05) is 67.1 Å². The first-order chi connectivity index (χ1) is 16.0. The predicted molar refractivity (Wildman–Crippen MR) is 134 cm³/mol. The number of ketones is 1. The number of hydrogen-bond donors (Lipinski definition) is 1. The second-order valence-electron chi connectivity index (χ2n) is 8.28. The molecule has 4 nitrogen and oxygen atoms in total. The van der Waals surface area contributed by atoms with Gasteiger partial charge in [-0.15, -0.1) is 0 Å². The average Bonchev–Trinajstić information content (AvgIpc) is 2.81. The molecule has 6 heteroatoms. The van der Waals surface area contributed by atoms with Crippen molar-refractivity contribution in [2.45, 2.75) is 38.5 Å². The molecule has 0 radical (unpaired) electrons. The van der Waals surface area contributed by atoms with Gasteiger partial charge in [0.25, 0.3) is 0 Å². The van der Waals surface area contributed by atoms with Crippen molar-refractivity contribution in [2.24, 2.45) is 0 Å². The van der Waals surface area contributed by atoms with Crippen molar-refractivity contribution in [1.82, 2.24) is 5.32 Å². The van der Waals surface area contributed by atoms with Gasteiger partial charge in [-0.2, -0.15) is 11.8 Å². The van der Waals surface area contributed by atoms with Gasteiger partial charge in [0.05, 0.1) is 5.57 Å². The van der Waals surface area contributed by atoms with Crippen LogP contribution in [0.3, 0.4) is 0 Å². The van der Waals surface area contributed by atoms with Crippen molar-refractivity contribution in [3.63, 3.8) is 0 Å². The van der Waals surface area contributed by atoms with Crippen LogP contribution in [0.25, 0.3) is 0 Å². The number of ether oxygens (including phenoxy) is 1. The van der Waals surface area contributed by atoms with Gasteiger partial charge < -0.3 is 10.1 Å². The second-order valence-corrected chi connectivity index (χ2v) is 10.1. The summed E-state index contributed by atoms with van der Waals surface area (Å²) in [5.74, 6) is 0.920. The minimum absolute atomic E-state index is 0.0434. The van der Waals surface area contributed by atoms with Crippen LogP contribution in [-0.4, -0.2) is 29.9 Å². The Kier molecular flexibility index (Phi) is 7.61. The van der Waals surface area contributed by atoms with Crippen LogP contribution in [0.1, 0.15) is 49.7 Å².